The number of nitrogens with one attached hydrogen (secondary N) is 1. The summed E-state index contributed by atoms with van der Waals surface area (Å²) in [6.45, 7) is 6.05. The van der Waals surface area contributed by atoms with Crippen molar-refractivity contribution in [2.45, 2.75) is 26.8 Å². The van der Waals surface area contributed by atoms with Crippen molar-refractivity contribution in [3.63, 3.8) is 0 Å². The number of phenolic OH excluding ortho intramolecular Hbond substituents is 1. The van der Waals surface area contributed by atoms with Crippen molar-refractivity contribution in [1.82, 2.24) is 4.98 Å². The number of aryl methyl sites for hydroxylation is 2. The maximum atomic E-state index is 9.88. The monoisotopic (exact) mass is 242 g/mol. The van der Waals surface area contributed by atoms with E-state index in [2.05, 4.69) is 10.3 Å². The third kappa shape index (κ3) is 2.80. The fraction of sp³-hybridized carbons (Fsp3) is 0.267. The number of hydrogen-bond donors (Lipinski definition) is 2. The Morgan fingerprint density at radius 1 is 1.11 bits per heavy atom. The van der Waals surface area contributed by atoms with Crippen LogP contribution in [0.4, 0.5) is 5.69 Å². The quantitative estimate of drug-likeness (QED) is 0.864. The molecule has 1 aromatic carbocycles. The third-order valence-electron chi connectivity index (χ3n) is 2.91. The van der Waals surface area contributed by atoms with Crippen LogP contribution in [-0.2, 0) is 0 Å². The van der Waals surface area contributed by atoms with Crippen LogP contribution < -0.4 is 5.32 Å². The first-order chi connectivity index (χ1) is 8.56. The van der Waals surface area contributed by atoms with E-state index in [1.54, 1.807) is 12.3 Å². The minimum Gasteiger partial charge on any atom is -0.508 e. The van der Waals surface area contributed by atoms with Gasteiger partial charge >= 0.3 is 0 Å². The van der Waals surface area contributed by atoms with Crippen molar-refractivity contribution in [1.29, 1.82) is 0 Å². The molecule has 0 aliphatic heterocycles. The van der Waals surface area contributed by atoms with Crippen LogP contribution in [0.2, 0.25) is 0 Å². The van der Waals surface area contributed by atoms with Gasteiger partial charge in [-0.1, -0.05) is 17.7 Å². The Balaban J connectivity index is 2.21. The highest BCUT2D eigenvalue weighted by Gasteiger charge is 2.10. The van der Waals surface area contributed by atoms with Crippen LogP contribution in [0.1, 0.15) is 29.7 Å². The standard InChI is InChI=1S/C15H18N2O/c1-10-4-5-15(18)14(7-10)12(3)17-13-6-11(2)8-16-9-13/h4-9,12,17-18H,1-3H3. The molecule has 1 aromatic heterocycles. The molecule has 2 N–H and O–H groups in total. The van der Waals surface area contributed by atoms with Crippen LogP contribution in [0.3, 0.4) is 0 Å². The Bertz CT molecular complexity index is 552. The first-order valence-corrected chi connectivity index (χ1v) is 6.04. The van der Waals surface area contributed by atoms with Crippen LogP contribution in [0, 0.1) is 13.8 Å². The second-order valence-electron chi connectivity index (χ2n) is 4.68. The van der Waals surface area contributed by atoms with E-state index in [0.717, 1.165) is 22.4 Å². The molecule has 0 aliphatic carbocycles. The SMILES string of the molecule is Cc1cncc(NC(C)c2cc(C)ccc2O)c1. The average molecular weight is 242 g/mol. The van der Waals surface area contributed by atoms with Crippen LogP contribution >= 0.6 is 0 Å². The van der Waals surface area contributed by atoms with Gasteiger partial charge in [0.1, 0.15) is 5.75 Å². The van der Waals surface area contributed by atoms with Gasteiger partial charge in [0, 0.05) is 18.0 Å². The van der Waals surface area contributed by atoms with Gasteiger partial charge in [0.25, 0.3) is 0 Å². The highest BCUT2D eigenvalue weighted by atomic mass is 16.3. The lowest BCUT2D eigenvalue weighted by Gasteiger charge is -2.17. The molecule has 1 heterocycles. The fourth-order valence-electron chi connectivity index (χ4n) is 1.98. The van der Waals surface area contributed by atoms with E-state index in [9.17, 15) is 5.11 Å². The molecular weight excluding hydrogens is 224 g/mol. The summed E-state index contributed by atoms with van der Waals surface area (Å²) in [7, 11) is 0. The molecule has 1 unspecified atom stereocenters. The zero-order valence-corrected chi connectivity index (χ0v) is 10.9. The number of hydrogen-bond acceptors (Lipinski definition) is 3. The smallest absolute Gasteiger partial charge is 0.120 e. The number of nitrogens with zero attached hydrogens (tertiary/aromatic N) is 1. The molecular formula is C15H18N2O. The molecule has 0 saturated heterocycles. The first-order valence-electron chi connectivity index (χ1n) is 6.04. The summed E-state index contributed by atoms with van der Waals surface area (Å²) in [5.74, 6) is 0.321. The predicted molar refractivity (Wildman–Crippen MR) is 73.9 cm³/mol. The van der Waals surface area contributed by atoms with Gasteiger partial charge in [-0.25, -0.2) is 0 Å². The third-order valence-corrected chi connectivity index (χ3v) is 2.91. The normalized spacial score (nSPS) is 12.2. The highest BCUT2D eigenvalue weighted by molar-refractivity contribution is 5.47. The first kappa shape index (κ1) is 12.4. The Morgan fingerprint density at radius 3 is 2.61 bits per heavy atom. The molecule has 3 heteroatoms. The van der Waals surface area contributed by atoms with Gasteiger partial charge in [-0.3, -0.25) is 4.98 Å². The second-order valence-corrected chi connectivity index (χ2v) is 4.68. The Morgan fingerprint density at radius 2 is 1.89 bits per heavy atom. The minimum absolute atomic E-state index is 0.0356. The number of aromatic hydroxyl groups is 1. The lowest BCUT2D eigenvalue weighted by Crippen LogP contribution is -2.07. The van der Waals surface area contributed by atoms with Gasteiger partial charge in [0.15, 0.2) is 0 Å². The van der Waals surface area contributed by atoms with Crippen molar-refractivity contribution in [2.24, 2.45) is 0 Å². The molecule has 2 rings (SSSR count). The summed E-state index contributed by atoms with van der Waals surface area (Å²) in [4.78, 5) is 4.15. The minimum atomic E-state index is 0.0356. The van der Waals surface area contributed by atoms with E-state index >= 15 is 0 Å². The van der Waals surface area contributed by atoms with E-state index in [4.69, 9.17) is 0 Å². The number of anilines is 1. The van der Waals surface area contributed by atoms with Gasteiger partial charge in [-0.05, 0) is 38.5 Å². The topological polar surface area (TPSA) is 45.2 Å². The molecule has 94 valence electrons. The lowest BCUT2D eigenvalue weighted by atomic mass is 10.0. The van der Waals surface area contributed by atoms with Crippen molar-refractivity contribution in [2.75, 3.05) is 5.32 Å². The van der Waals surface area contributed by atoms with Gasteiger partial charge in [0.05, 0.1) is 11.7 Å². The summed E-state index contributed by atoms with van der Waals surface area (Å²) in [5.41, 5.74) is 4.11. The van der Waals surface area contributed by atoms with Gasteiger partial charge < -0.3 is 10.4 Å². The average Bonchev–Trinajstić information content (AvgIpc) is 2.32. The number of aromatic nitrogens is 1. The van der Waals surface area contributed by atoms with Crippen LogP contribution in [-0.4, -0.2) is 10.1 Å². The van der Waals surface area contributed by atoms with E-state index in [-0.39, 0.29) is 6.04 Å². The number of pyridine rings is 1. The molecule has 0 amide bonds. The summed E-state index contributed by atoms with van der Waals surface area (Å²) >= 11 is 0. The molecule has 18 heavy (non-hydrogen) atoms. The molecule has 0 fully saturated rings. The largest absolute Gasteiger partial charge is 0.508 e. The molecule has 2 aromatic rings. The molecule has 1 atom stereocenters. The summed E-state index contributed by atoms with van der Waals surface area (Å²) < 4.78 is 0. The summed E-state index contributed by atoms with van der Waals surface area (Å²) in [6.07, 6.45) is 3.61. The molecule has 0 spiro atoms. The number of phenols is 1. The van der Waals surface area contributed by atoms with Crippen LogP contribution in [0.5, 0.6) is 5.75 Å². The Hall–Kier alpha value is -2.03. The highest BCUT2D eigenvalue weighted by Crippen LogP contribution is 2.27. The predicted octanol–water partition coefficient (Wildman–Crippen LogP) is 3.58. The van der Waals surface area contributed by atoms with E-state index < -0.39 is 0 Å². The summed E-state index contributed by atoms with van der Waals surface area (Å²) in [6, 6.07) is 7.71. The van der Waals surface area contributed by atoms with Crippen LogP contribution in [0.25, 0.3) is 0 Å². The van der Waals surface area contributed by atoms with Crippen molar-refractivity contribution in [3.05, 3.63) is 53.3 Å². The molecule has 3 nitrogen and oxygen atoms in total. The van der Waals surface area contributed by atoms with Crippen molar-refractivity contribution < 1.29 is 5.11 Å². The summed E-state index contributed by atoms with van der Waals surface area (Å²) in [5, 5.41) is 13.2. The van der Waals surface area contributed by atoms with Gasteiger partial charge in [-0.2, -0.15) is 0 Å². The van der Waals surface area contributed by atoms with E-state index in [1.165, 1.54) is 0 Å². The van der Waals surface area contributed by atoms with Gasteiger partial charge in [0.2, 0.25) is 0 Å². The molecule has 0 radical (unpaired) electrons. The Kier molecular flexibility index (Phi) is 3.51. The maximum Gasteiger partial charge on any atom is 0.120 e. The molecule has 0 bridgehead atoms. The fourth-order valence-corrected chi connectivity index (χ4v) is 1.98. The second kappa shape index (κ2) is 5.08. The zero-order valence-electron chi connectivity index (χ0n) is 10.9. The lowest BCUT2D eigenvalue weighted by molar-refractivity contribution is 0.465. The maximum absolute atomic E-state index is 9.88. The van der Waals surface area contributed by atoms with Crippen molar-refractivity contribution >= 4 is 5.69 Å². The number of benzene rings is 1. The van der Waals surface area contributed by atoms with E-state index in [0.29, 0.717) is 5.75 Å². The molecule has 0 saturated carbocycles. The van der Waals surface area contributed by atoms with Gasteiger partial charge in [-0.15, -0.1) is 0 Å². The van der Waals surface area contributed by atoms with E-state index in [1.807, 2.05) is 45.2 Å². The zero-order chi connectivity index (χ0) is 13.1. The Labute approximate surface area is 108 Å². The van der Waals surface area contributed by atoms with Crippen molar-refractivity contribution in [3.8, 4) is 5.75 Å². The van der Waals surface area contributed by atoms with Crippen LogP contribution in [0.15, 0.2) is 36.7 Å². The molecule has 0 aliphatic rings. The number of rotatable bonds is 3.